The second-order valence-corrected chi connectivity index (χ2v) is 4.99. The van der Waals surface area contributed by atoms with E-state index in [1.54, 1.807) is 12.1 Å². The molecule has 0 saturated heterocycles. The molecule has 0 bridgehead atoms. The highest BCUT2D eigenvalue weighted by molar-refractivity contribution is 7.99. The van der Waals surface area contributed by atoms with Gasteiger partial charge in [-0.25, -0.2) is 0 Å². The molecule has 4 nitrogen and oxygen atoms in total. The Morgan fingerprint density at radius 3 is 2.76 bits per heavy atom. The van der Waals surface area contributed by atoms with Crippen LogP contribution in [0.25, 0.3) is 0 Å². The van der Waals surface area contributed by atoms with Gasteiger partial charge in [0.1, 0.15) is 6.29 Å². The highest BCUT2D eigenvalue weighted by Crippen LogP contribution is 2.31. The molecule has 0 N–H and O–H groups in total. The SMILES string of the molecule is CCC(C)CSc1ccc(C=O)cc1[N+](=O)[O-]. The molecule has 17 heavy (non-hydrogen) atoms. The van der Waals surface area contributed by atoms with Crippen LogP contribution in [0.3, 0.4) is 0 Å². The van der Waals surface area contributed by atoms with Crippen LogP contribution in [0.5, 0.6) is 0 Å². The van der Waals surface area contributed by atoms with Crippen LogP contribution in [-0.4, -0.2) is 17.0 Å². The number of aldehydes is 1. The highest BCUT2D eigenvalue weighted by atomic mass is 32.2. The fourth-order valence-electron chi connectivity index (χ4n) is 1.22. The van der Waals surface area contributed by atoms with Crippen LogP contribution in [-0.2, 0) is 0 Å². The summed E-state index contributed by atoms with van der Waals surface area (Å²) in [6.45, 7) is 4.20. The predicted octanol–water partition coefficient (Wildman–Crippen LogP) is 3.55. The molecule has 0 aromatic heterocycles. The van der Waals surface area contributed by atoms with E-state index in [2.05, 4.69) is 13.8 Å². The van der Waals surface area contributed by atoms with Gasteiger partial charge in [-0.3, -0.25) is 14.9 Å². The number of benzene rings is 1. The van der Waals surface area contributed by atoms with Crippen LogP contribution in [0, 0.1) is 16.0 Å². The summed E-state index contributed by atoms with van der Waals surface area (Å²) in [6.07, 6.45) is 1.67. The summed E-state index contributed by atoms with van der Waals surface area (Å²) in [5.41, 5.74) is 0.354. The van der Waals surface area contributed by atoms with Gasteiger partial charge in [0.2, 0.25) is 0 Å². The zero-order chi connectivity index (χ0) is 12.8. The molecular weight excluding hydrogens is 238 g/mol. The van der Waals surface area contributed by atoms with Crippen molar-refractivity contribution < 1.29 is 9.72 Å². The number of carbonyl (C=O) groups excluding carboxylic acids is 1. The first kappa shape index (κ1) is 13.7. The molecule has 1 aromatic carbocycles. The zero-order valence-electron chi connectivity index (χ0n) is 9.88. The number of nitro groups is 1. The monoisotopic (exact) mass is 253 g/mol. The number of carbonyl (C=O) groups is 1. The van der Waals surface area contributed by atoms with Gasteiger partial charge in [0.25, 0.3) is 5.69 Å². The van der Waals surface area contributed by atoms with Gasteiger partial charge in [0.05, 0.1) is 9.82 Å². The van der Waals surface area contributed by atoms with Gasteiger partial charge in [-0.05, 0) is 12.0 Å². The first-order valence-corrected chi connectivity index (χ1v) is 6.43. The van der Waals surface area contributed by atoms with E-state index in [-0.39, 0.29) is 5.69 Å². The van der Waals surface area contributed by atoms with Crippen molar-refractivity contribution in [2.45, 2.75) is 25.2 Å². The molecule has 0 fully saturated rings. The van der Waals surface area contributed by atoms with E-state index in [4.69, 9.17) is 0 Å². The average Bonchev–Trinajstić information content (AvgIpc) is 2.35. The van der Waals surface area contributed by atoms with Crippen LogP contribution < -0.4 is 0 Å². The van der Waals surface area contributed by atoms with E-state index in [9.17, 15) is 14.9 Å². The van der Waals surface area contributed by atoms with Crippen LogP contribution in [0.2, 0.25) is 0 Å². The van der Waals surface area contributed by atoms with E-state index in [1.165, 1.54) is 17.8 Å². The second-order valence-electron chi connectivity index (χ2n) is 3.93. The number of hydrogen-bond donors (Lipinski definition) is 0. The second kappa shape index (κ2) is 6.39. The van der Waals surface area contributed by atoms with Crippen LogP contribution >= 0.6 is 11.8 Å². The van der Waals surface area contributed by atoms with Gasteiger partial charge in [0.15, 0.2) is 0 Å². The molecule has 1 atom stereocenters. The summed E-state index contributed by atoms with van der Waals surface area (Å²) in [7, 11) is 0. The predicted molar refractivity (Wildman–Crippen MR) is 68.7 cm³/mol. The normalized spacial score (nSPS) is 12.1. The minimum Gasteiger partial charge on any atom is -0.298 e. The van der Waals surface area contributed by atoms with Gasteiger partial charge < -0.3 is 0 Å². The number of nitro benzene ring substituents is 1. The smallest absolute Gasteiger partial charge is 0.283 e. The molecule has 5 heteroatoms. The van der Waals surface area contributed by atoms with E-state index in [0.717, 1.165) is 12.2 Å². The summed E-state index contributed by atoms with van der Waals surface area (Å²) in [4.78, 5) is 21.6. The molecular formula is C12H15NO3S. The summed E-state index contributed by atoms with van der Waals surface area (Å²) >= 11 is 1.47. The minimum absolute atomic E-state index is 0.0166. The average molecular weight is 253 g/mol. The van der Waals surface area contributed by atoms with Gasteiger partial charge in [-0.2, -0.15) is 0 Å². The van der Waals surface area contributed by atoms with Crippen LogP contribution in [0.15, 0.2) is 23.1 Å². The maximum Gasteiger partial charge on any atom is 0.283 e. The van der Waals surface area contributed by atoms with Gasteiger partial charge in [0, 0.05) is 17.4 Å². The minimum atomic E-state index is -0.439. The van der Waals surface area contributed by atoms with Crippen molar-refractivity contribution in [2.75, 3.05) is 5.75 Å². The summed E-state index contributed by atoms with van der Waals surface area (Å²) in [6, 6.07) is 4.58. The molecule has 0 aliphatic carbocycles. The zero-order valence-corrected chi connectivity index (χ0v) is 10.7. The number of hydrogen-bond acceptors (Lipinski definition) is 4. The van der Waals surface area contributed by atoms with E-state index in [0.29, 0.717) is 22.7 Å². The summed E-state index contributed by atoms with van der Waals surface area (Å²) in [5.74, 6) is 1.36. The first-order valence-electron chi connectivity index (χ1n) is 5.44. The Bertz CT molecular complexity index is 420. The van der Waals surface area contributed by atoms with Crippen molar-refractivity contribution in [3.63, 3.8) is 0 Å². The Labute approximate surface area is 105 Å². The van der Waals surface area contributed by atoms with Crippen LogP contribution in [0.1, 0.15) is 30.6 Å². The molecule has 0 saturated carbocycles. The molecule has 0 heterocycles. The molecule has 1 unspecified atom stereocenters. The fraction of sp³-hybridized carbons (Fsp3) is 0.417. The molecule has 1 aromatic rings. The van der Waals surface area contributed by atoms with Gasteiger partial charge >= 0.3 is 0 Å². The third kappa shape index (κ3) is 3.85. The maximum atomic E-state index is 10.9. The standard InChI is InChI=1S/C12H15NO3S/c1-3-9(2)8-17-12-5-4-10(7-14)6-11(12)13(15)16/h4-7,9H,3,8H2,1-2H3. The molecule has 0 aliphatic rings. The molecule has 92 valence electrons. The lowest BCUT2D eigenvalue weighted by atomic mass is 10.2. The molecule has 1 rings (SSSR count). The quantitative estimate of drug-likeness (QED) is 0.336. The Kier molecular flexibility index (Phi) is 5.15. The maximum absolute atomic E-state index is 10.9. The molecule has 0 spiro atoms. The van der Waals surface area contributed by atoms with Crippen molar-refractivity contribution in [3.8, 4) is 0 Å². The number of thioether (sulfide) groups is 1. The topological polar surface area (TPSA) is 60.2 Å². The third-order valence-corrected chi connectivity index (χ3v) is 3.93. The lowest BCUT2D eigenvalue weighted by Crippen LogP contribution is -1.98. The number of rotatable bonds is 6. The van der Waals surface area contributed by atoms with Crippen molar-refractivity contribution in [1.29, 1.82) is 0 Å². The van der Waals surface area contributed by atoms with E-state index in [1.807, 2.05) is 0 Å². The summed E-state index contributed by atoms with van der Waals surface area (Å²) in [5, 5.41) is 10.9. The largest absolute Gasteiger partial charge is 0.298 e. The van der Waals surface area contributed by atoms with Crippen molar-refractivity contribution in [2.24, 2.45) is 5.92 Å². The lowest BCUT2D eigenvalue weighted by molar-refractivity contribution is -0.387. The fourth-order valence-corrected chi connectivity index (χ4v) is 2.37. The van der Waals surface area contributed by atoms with Gasteiger partial charge in [-0.15, -0.1) is 11.8 Å². The summed E-state index contributed by atoms with van der Waals surface area (Å²) < 4.78 is 0. The highest BCUT2D eigenvalue weighted by Gasteiger charge is 2.15. The van der Waals surface area contributed by atoms with Crippen molar-refractivity contribution in [3.05, 3.63) is 33.9 Å². The Morgan fingerprint density at radius 1 is 1.53 bits per heavy atom. The van der Waals surface area contributed by atoms with Gasteiger partial charge in [-0.1, -0.05) is 26.3 Å². The molecule has 0 amide bonds. The van der Waals surface area contributed by atoms with Crippen molar-refractivity contribution >= 4 is 23.7 Å². The molecule has 0 aliphatic heterocycles. The van der Waals surface area contributed by atoms with E-state index >= 15 is 0 Å². The Hall–Kier alpha value is -1.36. The van der Waals surface area contributed by atoms with Crippen LogP contribution in [0.4, 0.5) is 5.69 Å². The van der Waals surface area contributed by atoms with Crippen molar-refractivity contribution in [1.82, 2.24) is 0 Å². The Balaban J connectivity index is 2.90. The molecule has 0 radical (unpaired) electrons. The third-order valence-electron chi connectivity index (χ3n) is 2.54. The number of nitrogens with zero attached hydrogens (tertiary/aromatic N) is 1. The van der Waals surface area contributed by atoms with E-state index < -0.39 is 4.92 Å². The lowest BCUT2D eigenvalue weighted by Gasteiger charge is -2.08. The first-order chi connectivity index (χ1) is 8.08. The Morgan fingerprint density at radius 2 is 2.24 bits per heavy atom.